The molecule has 0 radical (unpaired) electrons. The lowest BCUT2D eigenvalue weighted by molar-refractivity contribution is 0.176. The normalized spacial score (nSPS) is 16.1. The SMILES string of the molecule is O=S(=O)(c1cc(F)ccc1F)N1CCN(Cc2nnnn2-c2ccc(F)cc2)CC1. The molecule has 1 aromatic heterocycles. The first-order valence-electron chi connectivity index (χ1n) is 9.05. The molecule has 158 valence electrons. The second-order valence-corrected chi connectivity index (χ2v) is 8.64. The third-order valence-corrected chi connectivity index (χ3v) is 6.73. The lowest BCUT2D eigenvalue weighted by Crippen LogP contribution is -2.48. The Morgan fingerprint density at radius 2 is 1.57 bits per heavy atom. The van der Waals surface area contributed by atoms with Crippen LogP contribution in [-0.4, -0.2) is 64.0 Å². The summed E-state index contributed by atoms with van der Waals surface area (Å²) in [5.74, 6) is -1.67. The van der Waals surface area contributed by atoms with E-state index in [9.17, 15) is 21.6 Å². The number of hydrogen-bond acceptors (Lipinski definition) is 6. The van der Waals surface area contributed by atoms with Crippen LogP contribution >= 0.6 is 0 Å². The number of hydrogen-bond donors (Lipinski definition) is 0. The van der Waals surface area contributed by atoms with Gasteiger partial charge in [-0.15, -0.1) is 5.10 Å². The summed E-state index contributed by atoms with van der Waals surface area (Å²) >= 11 is 0. The number of nitrogens with zero attached hydrogens (tertiary/aromatic N) is 6. The number of rotatable bonds is 5. The van der Waals surface area contributed by atoms with Gasteiger partial charge >= 0.3 is 0 Å². The van der Waals surface area contributed by atoms with Crippen molar-refractivity contribution in [2.45, 2.75) is 11.4 Å². The Bertz CT molecular complexity index is 1140. The predicted octanol–water partition coefficient (Wildman–Crippen LogP) is 1.59. The number of benzene rings is 2. The Morgan fingerprint density at radius 1 is 0.900 bits per heavy atom. The van der Waals surface area contributed by atoms with Crippen molar-refractivity contribution in [3.63, 3.8) is 0 Å². The van der Waals surface area contributed by atoms with Crippen molar-refractivity contribution in [2.24, 2.45) is 0 Å². The molecule has 1 saturated heterocycles. The van der Waals surface area contributed by atoms with Crippen molar-refractivity contribution < 1.29 is 21.6 Å². The van der Waals surface area contributed by atoms with E-state index in [1.165, 1.54) is 16.8 Å². The van der Waals surface area contributed by atoms with E-state index >= 15 is 0 Å². The van der Waals surface area contributed by atoms with Crippen LogP contribution in [0.15, 0.2) is 47.4 Å². The van der Waals surface area contributed by atoms with E-state index in [1.54, 1.807) is 12.1 Å². The molecule has 0 N–H and O–H groups in total. The van der Waals surface area contributed by atoms with E-state index in [2.05, 4.69) is 15.5 Å². The highest BCUT2D eigenvalue weighted by Gasteiger charge is 2.31. The van der Waals surface area contributed by atoms with Gasteiger partial charge in [0, 0.05) is 26.2 Å². The zero-order valence-corrected chi connectivity index (χ0v) is 16.4. The van der Waals surface area contributed by atoms with Crippen LogP contribution in [0.2, 0.25) is 0 Å². The second-order valence-electron chi connectivity index (χ2n) is 6.74. The molecule has 30 heavy (non-hydrogen) atoms. The minimum Gasteiger partial charge on any atom is -0.293 e. The van der Waals surface area contributed by atoms with Crippen molar-refractivity contribution in [3.8, 4) is 5.69 Å². The van der Waals surface area contributed by atoms with Crippen LogP contribution in [-0.2, 0) is 16.6 Å². The summed E-state index contributed by atoms with van der Waals surface area (Å²) in [6.07, 6.45) is 0. The van der Waals surface area contributed by atoms with E-state index in [0.29, 0.717) is 37.2 Å². The molecule has 4 rings (SSSR count). The molecule has 0 atom stereocenters. The molecule has 0 amide bonds. The molecule has 0 unspecified atom stereocenters. The van der Waals surface area contributed by atoms with Crippen LogP contribution in [0.5, 0.6) is 0 Å². The van der Waals surface area contributed by atoms with Gasteiger partial charge in [-0.1, -0.05) is 0 Å². The number of tetrazole rings is 1. The maximum absolute atomic E-state index is 13.9. The molecule has 0 bridgehead atoms. The highest BCUT2D eigenvalue weighted by Crippen LogP contribution is 2.22. The van der Waals surface area contributed by atoms with Gasteiger partial charge in [0.15, 0.2) is 5.82 Å². The van der Waals surface area contributed by atoms with Crippen LogP contribution < -0.4 is 0 Å². The molecule has 3 aromatic rings. The molecular formula is C18H17F3N6O2S. The zero-order chi connectivity index (χ0) is 21.3. The Balaban J connectivity index is 1.44. The molecule has 1 aliphatic rings. The first kappa shape index (κ1) is 20.4. The molecule has 8 nitrogen and oxygen atoms in total. The molecule has 1 aliphatic heterocycles. The summed E-state index contributed by atoms with van der Waals surface area (Å²) in [4.78, 5) is 1.27. The Labute approximate surface area is 170 Å². The van der Waals surface area contributed by atoms with Crippen LogP contribution in [0.25, 0.3) is 5.69 Å². The molecule has 1 fully saturated rings. The number of aromatic nitrogens is 4. The second kappa shape index (κ2) is 8.13. The summed E-state index contributed by atoms with van der Waals surface area (Å²) in [5, 5.41) is 11.6. The first-order chi connectivity index (χ1) is 14.3. The first-order valence-corrected chi connectivity index (χ1v) is 10.5. The van der Waals surface area contributed by atoms with Gasteiger partial charge in [0.05, 0.1) is 12.2 Å². The molecule has 0 spiro atoms. The van der Waals surface area contributed by atoms with Crippen LogP contribution in [0.1, 0.15) is 5.82 Å². The summed E-state index contributed by atoms with van der Waals surface area (Å²) in [6.45, 7) is 1.26. The molecule has 0 aliphatic carbocycles. The summed E-state index contributed by atoms with van der Waals surface area (Å²) < 4.78 is 68.5. The van der Waals surface area contributed by atoms with Gasteiger partial charge in [-0.3, -0.25) is 4.90 Å². The minimum absolute atomic E-state index is 0.108. The molecule has 0 saturated carbocycles. The average molecular weight is 438 g/mol. The topological polar surface area (TPSA) is 84.2 Å². The summed E-state index contributed by atoms with van der Waals surface area (Å²) in [7, 11) is -4.15. The Morgan fingerprint density at radius 3 is 2.27 bits per heavy atom. The number of sulfonamides is 1. The monoisotopic (exact) mass is 438 g/mol. The highest BCUT2D eigenvalue weighted by molar-refractivity contribution is 7.89. The predicted molar refractivity (Wildman–Crippen MR) is 99.5 cm³/mol. The molecule has 12 heteroatoms. The van der Waals surface area contributed by atoms with Crippen molar-refractivity contribution in [1.29, 1.82) is 0 Å². The highest BCUT2D eigenvalue weighted by atomic mass is 32.2. The maximum Gasteiger partial charge on any atom is 0.246 e. The fourth-order valence-electron chi connectivity index (χ4n) is 3.23. The smallest absolute Gasteiger partial charge is 0.246 e. The van der Waals surface area contributed by atoms with E-state index in [0.717, 1.165) is 16.4 Å². The fraction of sp³-hybridized carbons (Fsp3) is 0.278. The van der Waals surface area contributed by atoms with E-state index in [1.807, 2.05) is 4.90 Å². The van der Waals surface area contributed by atoms with E-state index in [-0.39, 0.29) is 18.9 Å². The van der Waals surface area contributed by atoms with Gasteiger partial charge in [-0.05, 0) is 52.9 Å². The van der Waals surface area contributed by atoms with E-state index in [4.69, 9.17) is 0 Å². The standard InChI is InChI=1S/C18H17F3N6O2S/c19-13-1-4-15(5-2-13)27-18(22-23-24-27)12-25-7-9-26(10-8-25)30(28,29)17-11-14(20)3-6-16(17)21/h1-6,11H,7-10,12H2. The molecule has 2 heterocycles. The van der Waals surface area contributed by atoms with Crippen molar-refractivity contribution in [2.75, 3.05) is 26.2 Å². The Kier molecular flexibility index (Phi) is 5.54. The van der Waals surface area contributed by atoms with Gasteiger partial charge in [-0.2, -0.15) is 8.99 Å². The lowest BCUT2D eigenvalue weighted by atomic mass is 10.3. The third-order valence-electron chi connectivity index (χ3n) is 4.81. The number of piperazine rings is 1. The van der Waals surface area contributed by atoms with Gasteiger partial charge in [-0.25, -0.2) is 21.6 Å². The Hall–Kier alpha value is -2.83. The third kappa shape index (κ3) is 4.06. The zero-order valence-electron chi connectivity index (χ0n) is 15.6. The minimum atomic E-state index is -4.15. The van der Waals surface area contributed by atoms with E-state index < -0.39 is 26.6 Å². The molecule has 2 aromatic carbocycles. The van der Waals surface area contributed by atoms with Crippen molar-refractivity contribution in [3.05, 3.63) is 65.7 Å². The van der Waals surface area contributed by atoms with Crippen LogP contribution in [0.4, 0.5) is 13.2 Å². The van der Waals surface area contributed by atoms with Gasteiger partial charge < -0.3 is 0 Å². The summed E-state index contributed by atoms with van der Waals surface area (Å²) in [5.41, 5.74) is 0.596. The largest absolute Gasteiger partial charge is 0.293 e. The summed E-state index contributed by atoms with van der Waals surface area (Å²) in [6, 6.07) is 8.06. The average Bonchev–Trinajstić information content (AvgIpc) is 3.19. The quantitative estimate of drug-likeness (QED) is 0.602. The van der Waals surface area contributed by atoms with Crippen LogP contribution in [0.3, 0.4) is 0 Å². The number of halogens is 3. The molecular weight excluding hydrogens is 421 g/mol. The van der Waals surface area contributed by atoms with Gasteiger partial charge in [0.25, 0.3) is 0 Å². The lowest BCUT2D eigenvalue weighted by Gasteiger charge is -2.33. The maximum atomic E-state index is 13.9. The fourth-order valence-corrected chi connectivity index (χ4v) is 4.73. The van der Waals surface area contributed by atoms with Crippen molar-refractivity contribution >= 4 is 10.0 Å². The van der Waals surface area contributed by atoms with Crippen molar-refractivity contribution in [1.82, 2.24) is 29.4 Å². The van der Waals surface area contributed by atoms with Gasteiger partial charge in [0.2, 0.25) is 10.0 Å². The van der Waals surface area contributed by atoms with Gasteiger partial charge in [0.1, 0.15) is 22.3 Å². The van der Waals surface area contributed by atoms with Crippen LogP contribution in [0, 0.1) is 17.5 Å².